The van der Waals surface area contributed by atoms with Crippen LogP contribution in [0.5, 0.6) is 0 Å². The number of hydrogen-bond acceptors (Lipinski definition) is 7. The monoisotopic (exact) mass is 478 g/mol. The molecule has 3 aromatic carbocycles. The molecule has 164 valence electrons. The van der Waals surface area contributed by atoms with E-state index in [4.69, 9.17) is 11.6 Å². The van der Waals surface area contributed by atoms with Crippen molar-refractivity contribution in [3.8, 4) is 11.4 Å². The highest BCUT2D eigenvalue weighted by molar-refractivity contribution is 7.99. The number of aromatic amines is 1. The van der Waals surface area contributed by atoms with Crippen LogP contribution in [0.4, 0.5) is 5.69 Å². The van der Waals surface area contributed by atoms with Crippen molar-refractivity contribution < 1.29 is 9.72 Å². The molecular formula is C22H15ClN6O3S. The van der Waals surface area contributed by atoms with Gasteiger partial charge in [-0.25, -0.2) is 10.4 Å². The van der Waals surface area contributed by atoms with E-state index in [1.807, 2.05) is 30.3 Å². The second-order valence-corrected chi connectivity index (χ2v) is 8.07. The number of amides is 1. The molecule has 2 N–H and O–H groups in total. The second kappa shape index (κ2) is 10.1. The molecule has 0 aliphatic carbocycles. The largest absolute Gasteiger partial charge is 0.283 e. The summed E-state index contributed by atoms with van der Waals surface area (Å²) < 4.78 is 0. The smallest absolute Gasteiger partial charge is 0.267 e. The van der Waals surface area contributed by atoms with Gasteiger partial charge in [-0.15, -0.1) is 5.10 Å². The molecule has 4 aromatic rings. The van der Waals surface area contributed by atoms with Gasteiger partial charge in [0.05, 0.1) is 16.0 Å². The summed E-state index contributed by atoms with van der Waals surface area (Å²) in [6.07, 6.45) is 1.32. The van der Waals surface area contributed by atoms with Gasteiger partial charge in [-0.1, -0.05) is 54.1 Å². The molecule has 4 rings (SSSR count). The average molecular weight is 479 g/mol. The van der Waals surface area contributed by atoms with Crippen LogP contribution >= 0.6 is 23.4 Å². The number of nitro groups is 1. The first-order valence-corrected chi connectivity index (χ1v) is 10.7. The van der Waals surface area contributed by atoms with Crippen LogP contribution in [-0.4, -0.2) is 32.2 Å². The standard InChI is InChI=1S/C22H15ClN6O3S/c23-17-8-4-7-16(12-17)21(30)27-24-13-14-9-10-19(18(11-14)29(31)32)33-22-25-20(26-28-22)15-5-2-1-3-6-15/h1-13H,(H,27,30)(H,25,26,28)/b24-13-. The molecule has 0 aliphatic rings. The lowest BCUT2D eigenvalue weighted by Crippen LogP contribution is -2.17. The first-order chi connectivity index (χ1) is 16.0. The van der Waals surface area contributed by atoms with Crippen molar-refractivity contribution in [3.63, 3.8) is 0 Å². The highest BCUT2D eigenvalue weighted by atomic mass is 35.5. The maximum atomic E-state index is 12.1. The molecule has 0 saturated carbocycles. The van der Waals surface area contributed by atoms with Crippen molar-refractivity contribution in [1.82, 2.24) is 20.6 Å². The molecule has 0 saturated heterocycles. The minimum Gasteiger partial charge on any atom is -0.267 e. The summed E-state index contributed by atoms with van der Waals surface area (Å²) in [6.45, 7) is 0. The molecule has 0 radical (unpaired) electrons. The Hall–Kier alpha value is -4.02. The van der Waals surface area contributed by atoms with Gasteiger partial charge < -0.3 is 0 Å². The molecule has 11 heteroatoms. The molecule has 0 bridgehead atoms. The first kappa shape index (κ1) is 22.2. The number of nitrogens with one attached hydrogen (secondary N) is 2. The number of rotatable bonds is 7. The van der Waals surface area contributed by atoms with E-state index in [1.165, 1.54) is 18.3 Å². The lowest BCUT2D eigenvalue weighted by molar-refractivity contribution is -0.387. The van der Waals surface area contributed by atoms with Crippen LogP contribution in [0.25, 0.3) is 11.4 Å². The molecule has 0 spiro atoms. The number of benzene rings is 3. The molecule has 0 aliphatic heterocycles. The summed E-state index contributed by atoms with van der Waals surface area (Å²) in [5, 5.41) is 23.2. The molecule has 1 aromatic heterocycles. The summed E-state index contributed by atoms with van der Waals surface area (Å²) in [7, 11) is 0. The summed E-state index contributed by atoms with van der Waals surface area (Å²) in [5.74, 6) is 0.120. The van der Waals surface area contributed by atoms with Gasteiger partial charge in [-0.2, -0.15) is 5.10 Å². The number of halogens is 1. The Morgan fingerprint density at radius 1 is 1.12 bits per heavy atom. The van der Waals surface area contributed by atoms with Crippen LogP contribution in [0, 0.1) is 10.1 Å². The molecular weight excluding hydrogens is 464 g/mol. The zero-order valence-corrected chi connectivity index (χ0v) is 18.4. The number of aromatic nitrogens is 3. The number of H-pyrrole nitrogens is 1. The predicted molar refractivity (Wildman–Crippen MR) is 126 cm³/mol. The molecule has 9 nitrogen and oxygen atoms in total. The third-order valence-corrected chi connectivity index (χ3v) is 5.52. The summed E-state index contributed by atoms with van der Waals surface area (Å²) in [4.78, 5) is 28.0. The zero-order chi connectivity index (χ0) is 23.2. The van der Waals surface area contributed by atoms with Crippen molar-refractivity contribution in [3.05, 3.63) is 99.1 Å². The highest BCUT2D eigenvalue weighted by Crippen LogP contribution is 2.34. The summed E-state index contributed by atoms with van der Waals surface area (Å²) >= 11 is 6.95. The van der Waals surface area contributed by atoms with E-state index in [9.17, 15) is 14.9 Å². The maximum absolute atomic E-state index is 12.1. The van der Waals surface area contributed by atoms with Crippen LogP contribution in [-0.2, 0) is 0 Å². The number of hydrogen-bond donors (Lipinski definition) is 2. The van der Waals surface area contributed by atoms with Crippen molar-refractivity contribution in [1.29, 1.82) is 0 Å². The number of carbonyl (C=O) groups is 1. The van der Waals surface area contributed by atoms with Gasteiger partial charge in [0.2, 0.25) is 5.16 Å². The molecule has 33 heavy (non-hydrogen) atoms. The fraction of sp³-hybridized carbons (Fsp3) is 0. The van der Waals surface area contributed by atoms with E-state index in [0.717, 1.165) is 17.3 Å². The first-order valence-electron chi connectivity index (χ1n) is 9.53. The van der Waals surface area contributed by atoms with Crippen molar-refractivity contribution >= 4 is 41.2 Å². The molecule has 1 heterocycles. The highest BCUT2D eigenvalue weighted by Gasteiger charge is 2.18. The Balaban J connectivity index is 1.48. The van der Waals surface area contributed by atoms with Gasteiger partial charge in [0.15, 0.2) is 5.82 Å². The average Bonchev–Trinajstić information content (AvgIpc) is 3.29. The van der Waals surface area contributed by atoms with Crippen molar-refractivity contribution in [2.45, 2.75) is 10.1 Å². The van der Waals surface area contributed by atoms with Crippen LogP contribution in [0.3, 0.4) is 0 Å². The fourth-order valence-electron chi connectivity index (χ4n) is 2.82. The third-order valence-electron chi connectivity index (χ3n) is 4.36. The second-order valence-electron chi connectivity index (χ2n) is 6.63. The maximum Gasteiger partial charge on any atom is 0.283 e. The Kier molecular flexibility index (Phi) is 6.77. The number of nitro benzene ring substituents is 1. The summed E-state index contributed by atoms with van der Waals surface area (Å²) in [6, 6.07) is 20.4. The van der Waals surface area contributed by atoms with Gasteiger partial charge >= 0.3 is 0 Å². The summed E-state index contributed by atoms with van der Waals surface area (Å²) in [5.41, 5.74) is 3.89. The number of hydrazone groups is 1. The van der Waals surface area contributed by atoms with Gasteiger partial charge in [-0.05, 0) is 36.0 Å². The van der Waals surface area contributed by atoms with E-state index in [0.29, 0.717) is 32.0 Å². The van der Waals surface area contributed by atoms with E-state index >= 15 is 0 Å². The third kappa shape index (κ3) is 5.62. The van der Waals surface area contributed by atoms with E-state index < -0.39 is 10.8 Å². The minimum atomic E-state index is -0.491. The van der Waals surface area contributed by atoms with Crippen molar-refractivity contribution in [2.24, 2.45) is 5.10 Å². The molecule has 0 atom stereocenters. The van der Waals surface area contributed by atoms with Crippen LogP contribution in [0.1, 0.15) is 15.9 Å². The van der Waals surface area contributed by atoms with Crippen LogP contribution in [0.2, 0.25) is 5.02 Å². The van der Waals surface area contributed by atoms with Gasteiger partial charge in [0.1, 0.15) is 0 Å². The molecule has 0 fully saturated rings. The molecule has 1 amide bonds. The Labute approximate surface area is 197 Å². The Bertz CT molecular complexity index is 1340. The van der Waals surface area contributed by atoms with E-state index in [-0.39, 0.29) is 5.69 Å². The van der Waals surface area contributed by atoms with Crippen LogP contribution in [0.15, 0.2) is 87.9 Å². The van der Waals surface area contributed by atoms with Gasteiger partial charge in [-0.3, -0.25) is 20.0 Å². The Morgan fingerprint density at radius 3 is 2.70 bits per heavy atom. The van der Waals surface area contributed by atoms with Gasteiger partial charge in [0, 0.05) is 27.8 Å². The number of carbonyl (C=O) groups excluding carboxylic acids is 1. The molecule has 0 unspecified atom stereocenters. The van der Waals surface area contributed by atoms with E-state index in [2.05, 4.69) is 25.7 Å². The Morgan fingerprint density at radius 2 is 1.94 bits per heavy atom. The fourth-order valence-corrected chi connectivity index (χ4v) is 3.81. The quantitative estimate of drug-likeness (QED) is 0.220. The van der Waals surface area contributed by atoms with E-state index in [1.54, 1.807) is 30.3 Å². The van der Waals surface area contributed by atoms with Gasteiger partial charge in [0.25, 0.3) is 11.6 Å². The topological polar surface area (TPSA) is 126 Å². The minimum absolute atomic E-state index is 0.129. The lowest BCUT2D eigenvalue weighted by Gasteiger charge is -2.02. The lowest BCUT2D eigenvalue weighted by atomic mass is 10.2. The van der Waals surface area contributed by atoms with Crippen molar-refractivity contribution in [2.75, 3.05) is 0 Å². The predicted octanol–water partition coefficient (Wildman–Crippen LogP) is 4.95. The normalized spacial score (nSPS) is 10.9. The van der Waals surface area contributed by atoms with Crippen LogP contribution < -0.4 is 5.43 Å². The number of nitrogens with zero attached hydrogens (tertiary/aromatic N) is 4. The SMILES string of the molecule is O=C(N/N=C\c1ccc(Sc2n[nH]c(-c3ccccc3)n2)c([N+](=O)[O-])c1)c1cccc(Cl)c1. The zero-order valence-electron chi connectivity index (χ0n) is 16.8.